The lowest BCUT2D eigenvalue weighted by atomic mass is 9.86. The highest BCUT2D eigenvalue weighted by Crippen LogP contribution is 2.39. The maximum atomic E-state index is 13.8. The van der Waals surface area contributed by atoms with E-state index in [0.29, 0.717) is 32.6 Å². The van der Waals surface area contributed by atoms with Gasteiger partial charge in [-0.05, 0) is 30.5 Å². The summed E-state index contributed by atoms with van der Waals surface area (Å²) < 4.78 is 5.38. The fourth-order valence-corrected chi connectivity index (χ4v) is 4.79. The second kappa shape index (κ2) is 10.1. The summed E-state index contributed by atoms with van der Waals surface area (Å²) in [4.78, 5) is 31.5. The normalized spacial score (nSPS) is 18.8. The number of hydrogen-bond donors (Lipinski definition) is 1. The van der Waals surface area contributed by atoms with E-state index in [4.69, 9.17) is 4.74 Å². The van der Waals surface area contributed by atoms with Gasteiger partial charge in [0, 0.05) is 52.8 Å². The van der Waals surface area contributed by atoms with E-state index in [9.17, 15) is 9.59 Å². The first-order valence-electron chi connectivity index (χ1n) is 11.0. The van der Waals surface area contributed by atoms with Gasteiger partial charge in [0.25, 0.3) is 0 Å². The Balaban J connectivity index is 1.92. The quantitative estimate of drug-likeness (QED) is 0.472. The van der Waals surface area contributed by atoms with Crippen LogP contribution in [0.15, 0.2) is 49.7 Å². The van der Waals surface area contributed by atoms with Crippen LogP contribution in [0.5, 0.6) is 5.75 Å². The molecule has 0 saturated carbocycles. The van der Waals surface area contributed by atoms with E-state index >= 15 is 0 Å². The molecular formula is C24H35N5O3. The predicted octanol–water partition coefficient (Wildman–Crippen LogP) is 2.80. The summed E-state index contributed by atoms with van der Waals surface area (Å²) >= 11 is 0. The summed E-state index contributed by atoms with van der Waals surface area (Å²) in [5.41, 5.74) is 3.77. The van der Waals surface area contributed by atoms with Crippen LogP contribution in [0.3, 0.4) is 0 Å². The van der Waals surface area contributed by atoms with E-state index in [1.54, 1.807) is 20.2 Å². The molecule has 1 N–H and O–H groups in total. The first-order chi connectivity index (χ1) is 15.3. The maximum absolute atomic E-state index is 13.8. The zero-order valence-corrected chi connectivity index (χ0v) is 19.4. The molecule has 2 heterocycles. The minimum absolute atomic E-state index is 0.00587. The molecule has 1 atom stereocenters. The summed E-state index contributed by atoms with van der Waals surface area (Å²) in [7, 11) is 3.54. The molecule has 0 aromatic heterocycles. The van der Waals surface area contributed by atoms with Crippen molar-refractivity contribution in [3.8, 4) is 5.75 Å². The third-order valence-electron chi connectivity index (χ3n) is 6.61. The monoisotopic (exact) mass is 441 g/mol. The summed E-state index contributed by atoms with van der Waals surface area (Å²) in [5.74, 6) is 0.853. The molecule has 1 aromatic carbocycles. The minimum Gasteiger partial charge on any atom is -0.497 e. The standard InChI is InChI=1S/C24H35N5O3/c1-6-9-22(26(4)25-7-2)28-18-24(12-14-27(15-13-24)19(3)30)29(23(28)31)17-20-10-8-11-21(16-20)32-5/h6-8,10-11,16,22,25H,1-2,9,12-15,17-18H2,3-5H3. The number of rotatable bonds is 9. The predicted molar refractivity (Wildman–Crippen MR) is 125 cm³/mol. The molecule has 174 valence electrons. The van der Waals surface area contributed by atoms with Crippen molar-refractivity contribution in [1.82, 2.24) is 25.1 Å². The van der Waals surface area contributed by atoms with Crippen LogP contribution in [0.1, 0.15) is 31.7 Å². The van der Waals surface area contributed by atoms with E-state index in [0.717, 1.165) is 24.2 Å². The van der Waals surface area contributed by atoms with Gasteiger partial charge in [0.05, 0.1) is 12.6 Å². The number of hydrogen-bond acceptors (Lipinski definition) is 5. The number of benzene rings is 1. The summed E-state index contributed by atoms with van der Waals surface area (Å²) in [6.45, 7) is 11.6. The first-order valence-corrected chi connectivity index (χ1v) is 11.0. The van der Waals surface area contributed by atoms with Gasteiger partial charge >= 0.3 is 6.03 Å². The summed E-state index contributed by atoms with van der Waals surface area (Å²) in [5, 5.41) is 1.89. The van der Waals surface area contributed by atoms with Crippen molar-refractivity contribution in [3.05, 3.63) is 55.3 Å². The smallest absolute Gasteiger partial charge is 0.322 e. The Kier molecular flexibility index (Phi) is 7.45. The SMILES string of the molecule is C=CCC(N(C)NC=C)N1CC2(CCN(C(C)=O)CC2)N(Cc2cccc(OC)c2)C1=O. The van der Waals surface area contributed by atoms with Gasteiger partial charge in [0.2, 0.25) is 5.91 Å². The van der Waals surface area contributed by atoms with Gasteiger partial charge in [-0.25, -0.2) is 9.80 Å². The Morgan fingerprint density at radius 3 is 2.66 bits per heavy atom. The van der Waals surface area contributed by atoms with Gasteiger partial charge in [-0.1, -0.05) is 24.8 Å². The van der Waals surface area contributed by atoms with Crippen LogP contribution in [-0.2, 0) is 11.3 Å². The average Bonchev–Trinajstić information content (AvgIpc) is 3.04. The zero-order valence-electron chi connectivity index (χ0n) is 19.4. The molecule has 1 spiro atoms. The molecule has 2 saturated heterocycles. The van der Waals surface area contributed by atoms with Crippen molar-refractivity contribution in [2.24, 2.45) is 0 Å². The molecule has 8 nitrogen and oxygen atoms in total. The molecule has 2 fully saturated rings. The molecule has 32 heavy (non-hydrogen) atoms. The summed E-state index contributed by atoms with van der Waals surface area (Å²) in [6, 6.07) is 7.83. The Hall–Kier alpha value is -3.00. The van der Waals surface area contributed by atoms with Crippen molar-refractivity contribution in [1.29, 1.82) is 0 Å². The third kappa shape index (κ3) is 4.75. The molecular weight excluding hydrogens is 406 g/mol. The molecule has 0 radical (unpaired) electrons. The number of hydrazine groups is 1. The van der Waals surface area contributed by atoms with Crippen LogP contribution in [0, 0.1) is 0 Å². The Morgan fingerprint density at radius 1 is 1.34 bits per heavy atom. The molecule has 0 bridgehead atoms. The maximum Gasteiger partial charge on any atom is 0.322 e. The number of nitrogens with one attached hydrogen (secondary N) is 1. The Labute approximate surface area is 191 Å². The van der Waals surface area contributed by atoms with Crippen LogP contribution in [0.4, 0.5) is 4.79 Å². The van der Waals surface area contributed by atoms with Gasteiger partial charge in [-0.3, -0.25) is 4.79 Å². The highest BCUT2D eigenvalue weighted by molar-refractivity contribution is 5.79. The van der Waals surface area contributed by atoms with E-state index < -0.39 is 0 Å². The van der Waals surface area contributed by atoms with E-state index in [1.165, 1.54) is 0 Å². The largest absolute Gasteiger partial charge is 0.497 e. The van der Waals surface area contributed by atoms with Crippen LogP contribution in [-0.4, -0.2) is 77.1 Å². The van der Waals surface area contributed by atoms with Gasteiger partial charge in [0.15, 0.2) is 0 Å². The fraction of sp³-hybridized carbons (Fsp3) is 0.500. The molecule has 8 heteroatoms. The van der Waals surface area contributed by atoms with Crippen molar-refractivity contribution >= 4 is 11.9 Å². The van der Waals surface area contributed by atoms with Crippen LogP contribution >= 0.6 is 0 Å². The second-order valence-electron chi connectivity index (χ2n) is 8.53. The van der Waals surface area contributed by atoms with Crippen molar-refractivity contribution in [2.75, 3.05) is 33.8 Å². The molecule has 2 aliphatic rings. The number of ether oxygens (including phenoxy) is 1. The number of carbonyl (C=O) groups excluding carboxylic acids is 2. The van der Waals surface area contributed by atoms with Gasteiger partial charge in [0.1, 0.15) is 11.9 Å². The number of nitrogens with zero attached hydrogens (tertiary/aromatic N) is 4. The molecule has 0 aliphatic carbocycles. The molecule has 1 unspecified atom stereocenters. The van der Waals surface area contributed by atoms with E-state index in [1.807, 2.05) is 57.1 Å². The van der Waals surface area contributed by atoms with Crippen LogP contribution < -0.4 is 10.2 Å². The first kappa shape index (κ1) is 23.7. The van der Waals surface area contributed by atoms with Crippen molar-refractivity contribution in [3.63, 3.8) is 0 Å². The topological polar surface area (TPSA) is 68.4 Å². The molecule has 1 aromatic rings. The fourth-order valence-electron chi connectivity index (χ4n) is 4.79. The lowest BCUT2D eigenvalue weighted by Gasteiger charge is -2.43. The van der Waals surface area contributed by atoms with Gasteiger partial charge in [-0.2, -0.15) is 0 Å². The molecule has 3 rings (SSSR count). The average molecular weight is 442 g/mol. The van der Waals surface area contributed by atoms with Crippen LogP contribution in [0.25, 0.3) is 0 Å². The lowest BCUT2D eigenvalue weighted by molar-refractivity contribution is -0.131. The van der Waals surface area contributed by atoms with Crippen molar-refractivity contribution in [2.45, 2.75) is 44.4 Å². The lowest BCUT2D eigenvalue weighted by Crippen LogP contribution is -2.55. The van der Waals surface area contributed by atoms with Gasteiger partial charge in [-0.15, -0.1) is 6.58 Å². The second-order valence-corrected chi connectivity index (χ2v) is 8.53. The molecule has 2 aliphatic heterocycles. The number of likely N-dealkylation sites (tertiary alicyclic amines) is 1. The number of methoxy groups -OCH3 is 1. The number of amides is 3. The number of urea groups is 1. The summed E-state index contributed by atoms with van der Waals surface area (Å²) in [6.07, 6.45) is 5.35. The van der Waals surface area contributed by atoms with E-state index in [-0.39, 0.29) is 23.6 Å². The number of piperidine rings is 1. The molecule has 3 amide bonds. The zero-order chi connectivity index (χ0) is 23.3. The minimum atomic E-state index is -0.333. The van der Waals surface area contributed by atoms with Crippen molar-refractivity contribution < 1.29 is 14.3 Å². The highest BCUT2D eigenvalue weighted by Gasteiger charge is 2.52. The Bertz CT molecular complexity index is 850. The van der Waals surface area contributed by atoms with Crippen LogP contribution in [0.2, 0.25) is 0 Å². The van der Waals surface area contributed by atoms with E-state index in [2.05, 4.69) is 18.6 Å². The number of carbonyl (C=O) groups is 2. The Morgan fingerprint density at radius 2 is 2.06 bits per heavy atom. The third-order valence-corrected chi connectivity index (χ3v) is 6.61. The highest BCUT2D eigenvalue weighted by atomic mass is 16.5. The van der Waals surface area contributed by atoms with Gasteiger partial charge < -0.3 is 24.9 Å².